The van der Waals surface area contributed by atoms with E-state index < -0.39 is 5.97 Å². The van der Waals surface area contributed by atoms with Crippen molar-refractivity contribution in [1.29, 1.82) is 0 Å². The van der Waals surface area contributed by atoms with E-state index in [2.05, 4.69) is 5.32 Å². The Labute approximate surface area is 119 Å². The van der Waals surface area contributed by atoms with Crippen LogP contribution in [0.2, 0.25) is 0 Å². The molecule has 3 rings (SSSR count). The van der Waals surface area contributed by atoms with Gasteiger partial charge in [0, 0.05) is 4.88 Å². The number of thiophene rings is 1. The van der Waals surface area contributed by atoms with Crippen LogP contribution in [0.1, 0.15) is 50.4 Å². The van der Waals surface area contributed by atoms with Gasteiger partial charge in [-0.2, -0.15) is 0 Å². The zero-order valence-electron chi connectivity index (χ0n) is 10.6. The zero-order chi connectivity index (χ0) is 14.1. The molecule has 1 atom stereocenters. The lowest BCUT2D eigenvalue weighted by atomic mass is 9.94. The molecule has 5 nitrogen and oxygen atoms in total. The van der Waals surface area contributed by atoms with Crippen LogP contribution in [0.25, 0.3) is 0 Å². The molecular weight excluding hydrogens is 278 g/mol. The molecule has 2 aromatic heterocycles. The van der Waals surface area contributed by atoms with Crippen LogP contribution in [0, 0.1) is 0 Å². The average Bonchev–Trinajstić information content (AvgIpc) is 3.08. The third-order valence-electron chi connectivity index (χ3n) is 3.40. The minimum Gasteiger partial charge on any atom is -0.475 e. The molecule has 0 saturated heterocycles. The second-order valence-corrected chi connectivity index (χ2v) is 5.69. The van der Waals surface area contributed by atoms with Crippen molar-refractivity contribution in [2.45, 2.75) is 25.3 Å². The lowest BCUT2D eigenvalue weighted by molar-refractivity contribution is 0.0659. The fourth-order valence-electron chi connectivity index (χ4n) is 2.44. The van der Waals surface area contributed by atoms with Crippen molar-refractivity contribution in [2.24, 2.45) is 0 Å². The molecule has 1 amide bonds. The third-order valence-corrected chi connectivity index (χ3v) is 4.39. The fraction of sp³-hybridized carbons (Fsp3) is 0.286. The zero-order valence-corrected chi connectivity index (χ0v) is 11.4. The van der Waals surface area contributed by atoms with E-state index in [0.29, 0.717) is 0 Å². The van der Waals surface area contributed by atoms with Crippen molar-refractivity contribution in [3.8, 4) is 0 Å². The summed E-state index contributed by atoms with van der Waals surface area (Å²) in [4.78, 5) is 24.1. The molecule has 0 saturated carbocycles. The van der Waals surface area contributed by atoms with Crippen LogP contribution in [0.5, 0.6) is 0 Å². The molecule has 1 aliphatic rings. The summed E-state index contributed by atoms with van der Waals surface area (Å²) in [6.07, 6.45) is 2.99. The van der Waals surface area contributed by atoms with E-state index in [-0.39, 0.29) is 23.5 Å². The van der Waals surface area contributed by atoms with Crippen LogP contribution in [-0.2, 0) is 6.42 Å². The summed E-state index contributed by atoms with van der Waals surface area (Å²) in [6, 6.07) is 4.69. The molecule has 0 radical (unpaired) electrons. The number of amides is 1. The van der Waals surface area contributed by atoms with Gasteiger partial charge in [0.25, 0.3) is 5.91 Å². The maximum Gasteiger partial charge on any atom is 0.371 e. The van der Waals surface area contributed by atoms with Gasteiger partial charge < -0.3 is 14.8 Å². The second kappa shape index (κ2) is 5.13. The molecule has 2 aromatic rings. The van der Waals surface area contributed by atoms with Gasteiger partial charge in [-0.1, -0.05) is 0 Å². The van der Waals surface area contributed by atoms with E-state index in [1.54, 1.807) is 11.3 Å². The van der Waals surface area contributed by atoms with Crippen LogP contribution >= 0.6 is 11.3 Å². The van der Waals surface area contributed by atoms with Crippen molar-refractivity contribution >= 4 is 23.2 Å². The molecule has 2 heterocycles. The summed E-state index contributed by atoms with van der Waals surface area (Å²) in [6.45, 7) is 0. The van der Waals surface area contributed by atoms with E-state index >= 15 is 0 Å². The van der Waals surface area contributed by atoms with Crippen molar-refractivity contribution < 1.29 is 19.1 Å². The lowest BCUT2D eigenvalue weighted by Gasteiger charge is -2.23. The standard InChI is InChI=1S/C14H13NO4S/c16-13(10-4-5-11(19-10)14(17)18)15-9-2-1-3-12-8(9)6-7-20-12/h4-7,9H,1-3H2,(H,15,16)(H,17,18). The number of aryl methyl sites for hydroxylation is 1. The predicted molar refractivity (Wildman–Crippen MR) is 73.1 cm³/mol. The Balaban J connectivity index is 1.75. The second-order valence-electron chi connectivity index (χ2n) is 4.69. The molecule has 0 spiro atoms. The molecule has 1 unspecified atom stereocenters. The highest BCUT2D eigenvalue weighted by atomic mass is 32.1. The SMILES string of the molecule is O=C(O)c1ccc(C(=O)NC2CCCc3sccc32)o1. The largest absolute Gasteiger partial charge is 0.475 e. The van der Waals surface area contributed by atoms with Gasteiger partial charge >= 0.3 is 5.97 Å². The first-order chi connectivity index (χ1) is 9.65. The molecule has 6 heteroatoms. The van der Waals surface area contributed by atoms with Gasteiger partial charge in [-0.05, 0) is 48.4 Å². The van der Waals surface area contributed by atoms with Crippen molar-refractivity contribution in [1.82, 2.24) is 5.32 Å². The maximum absolute atomic E-state index is 12.1. The topological polar surface area (TPSA) is 79.5 Å². The molecule has 0 bridgehead atoms. The van der Waals surface area contributed by atoms with Crippen molar-refractivity contribution in [3.05, 3.63) is 45.5 Å². The number of fused-ring (bicyclic) bond motifs is 1. The number of aromatic carboxylic acids is 1. The first-order valence-electron chi connectivity index (χ1n) is 6.35. The Hall–Kier alpha value is -2.08. The average molecular weight is 291 g/mol. The molecule has 2 N–H and O–H groups in total. The first-order valence-corrected chi connectivity index (χ1v) is 7.23. The van der Waals surface area contributed by atoms with Gasteiger partial charge in [-0.15, -0.1) is 11.3 Å². The number of rotatable bonds is 3. The van der Waals surface area contributed by atoms with Gasteiger partial charge in [-0.3, -0.25) is 4.79 Å². The highest BCUT2D eigenvalue weighted by molar-refractivity contribution is 7.10. The van der Waals surface area contributed by atoms with Gasteiger partial charge in [0.1, 0.15) is 0 Å². The van der Waals surface area contributed by atoms with Crippen molar-refractivity contribution in [2.75, 3.05) is 0 Å². The van der Waals surface area contributed by atoms with E-state index in [1.807, 2.05) is 11.4 Å². The number of hydrogen-bond donors (Lipinski definition) is 2. The Morgan fingerprint density at radius 3 is 2.85 bits per heavy atom. The smallest absolute Gasteiger partial charge is 0.371 e. The number of carboxylic acid groups (broad SMARTS) is 1. The molecule has 0 aromatic carbocycles. The third kappa shape index (κ3) is 2.34. The molecule has 20 heavy (non-hydrogen) atoms. The molecule has 0 aliphatic heterocycles. The minimum absolute atomic E-state index is 0.0177. The Kier molecular flexibility index (Phi) is 3.31. The first kappa shape index (κ1) is 12.9. The van der Waals surface area contributed by atoms with Crippen LogP contribution < -0.4 is 5.32 Å². The van der Waals surface area contributed by atoms with Crippen molar-refractivity contribution in [3.63, 3.8) is 0 Å². The van der Waals surface area contributed by atoms with Crippen LogP contribution in [-0.4, -0.2) is 17.0 Å². The Bertz CT molecular complexity index is 658. The number of nitrogens with one attached hydrogen (secondary N) is 1. The van der Waals surface area contributed by atoms with E-state index in [9.17, 15) is 9.59 Å². The monoisotopic (exact) mass is 291 g/mol. The number of carbonyl (C=O) groups is 2. The summed E-state index contributed by atoms with van der Waals surface area (Å²) >= 11 is 1.71. The Morgan fingerprint density at radius 2 is 2.10 bits per heavy atom. The van der Waals surface area contributed by atoms with Gasteiger partial charge in [-0.25, -0.2) is 4.79 Å². The molecule has 104 valence electrons. The van der Waals surface area contributed by atoms with Crippen LogP contribution in [0.4, 0.5) is 0 Å². The fourth-order valence-corrected chi connectivity index (χ4v) is 3.43. The molecule has 0 fully saturated rings. The summed E-state index contributed by atoms with van der Waals surface area (Å²) < 4.78 is 5.01. The summed E-state index contributed by atoms with van der Waals surface area (Å²) in [5.41, 5.74) is 1.17. The quantitative estimate of drug-likeness (QED) is 0.911. The molecular formula is C14H13NO4S. The van der Waals surface area contributed by atoms with E-state index in [1.165, 1.54) is 22.6 Å². The minimum atomic E-state index is -1.18. The van der Waals surface area contributed by atoms with Gasteiger partial charge in [0.2, 0.25) is 5.76 Å². The maximum atomic E-state index is 12.1. The lowest BCUT2D eigenvalue weighted by Crippen LogP contribution is -2.30. The number of carbonyl (C=O) groups excluding carboxylic acids is 1. The van der Waals surface area contributed by atoms with E-state index in [4.69, 9.17) is 9.52 Å². The summed E-state index contributed by atoms with van der Waals surface area (Å²) in [5, 5.41) is 13.7. The number of furan rings is 1. The van der Waals surface area contributed by atoms with Crippen LogP contribution in [0.15, 0.2) is 28.0 Å². The van der Waals surface area contributed by atoms with Crippen LogP contribution in [0.3, 0.4) is 0 Å². The van der Waals surface area contributed by atoms with Gasteiger partial charge in [0.05, 0.1) is 6.04 Å². The van der Waals surface area contributed by atoms with E-state index in [0.717, 1.165) is 19.3 Å². The number of carboxylic acids is 1. The highest BCUT2D eigenvalue weighted by Gasteiger charge is 2.24. The predicted octanol–water partition coefficient (Wildman–Crippen LogP) is 2.85. The normalized spacial score (nSPS) is 17.5. The summed E-state index contributed by atoms with van der Waals surface area (Å²) in [7, 11) is 0. The van der Waals surface area contributed by atoms with Gasteiger partial charge in [0.15, 0.2) is 5.76 Å². The Morgan fingerprint density at radius 1 is 1.30 bits per heavy atom. The number of hydrogen-bond acceptors (Lipinski definition) is 4. The summed E-state index contributed by atoms with van der Waals surface area (Å²) in [5.74, 6) is -1.75. The highest BCUT2D eigenvalue weighted by Crippen LogP contribution is 2.33. The molecule has 1 aliphatic carbocycles.